The lowest BCUT2D eigenvalue weighted by Crippen LogP contribution is -2.42. The molecule has 0 radical (unpaired) electrons. The first-order valence-electron chi connectivity index (χ1n) is 4.82. The second-order valence-corrected chi connectivity index (χ2v) is 4.11. The van der Waals surface area contributed by atoms with Crippen molar-refractivity contribution in [3.8, 4) is 0 Å². The zero-order chi connectivity index (χ0) is 8.48. The van der Waals surface area contributed by atoms with E-state index >= 15 is 0 Å². The summed E-state index contributed by atoms with van der Waals surface area (Å²) in [4.78, 5) is 0. The van der Waals surface area contributed by atoms with Crippen LogP contribution >= 0.6 is 0 Å². The van der Waals surface area contributed by atoms with Gasteiger partial charge in [0.2, 0.25) is 0 Å². The lowest BCUT2D eigenvalue weighted by molar-refractivity contribution is -0.0535. The maximum atomic E-state index is 9.51. The maximum Gasteiger partial charge on any atom is 0.0573 e. The normalized spacial score (nSPS) is 31.6. The Labute approximate surface area is 69.8 Å². The smallest absolute Gasteiger partial charge is 0.0573 e. The van der Waals surface area contributed by atoms with E-state index in [1.54, 1.807) is 0 Å². The van der Waals surface area contributed by atoms with Gasteiger partial charge in [0, 0.05) is 0 Å². The first-order valence-corrected chi connectivity index (χ1v) is 4.82. The highest BCUT2D eigenvalue weighted by Crippen LogP contribution is 2.46. The standard InChI is InChI=1S/C10H20O/c1-4-10(3,5-2)8-6-7-9(8)11/h8-9,11H,4-7H2,1-3H3. The van der Waals surface area contributed by atoms with E-state index in [2.05, 4.69) is 20.8 Å². The van der Waals surface area contributed by atoms with Gasteiger partial charge < -0.3 is 5.11 Å². The van der Waals surface area contributed by atoms with Gasteiger partial charge in [0.05, 0.1) is 6.10 Å². The van der Waals surface area contributed by atoms with Gasteiger partial charge in [-0.2, -0.15) is 0 Å². The Morgan fingerprint density at radius 3 is 1.91 bits per heavy atom. The van der Waals surface area contributed by atoms with Crippen LogP contribution in [0.5, 0.6) is 0 Å². The molecule has 2 atom stereocenters. The lowest BCUT2D eigenvalue weighted by Gasteiger charge is -2.45. The zero-order valence-corrected chi connectivity index (χ0v) is 7.93. The van der Waals surface area contributed by atoms with E-state index in [1.165, 1.54) is 19.3 Å². The van der Waals surface area contributed by atoms with Crippen LogP contribution in [0.25, 0.3) is 0 Å². The van der Waals surface area contributed by atoms with Crippen LogP contribution in [0.15, 0.2) is 0 Å². The van der Waals surface area contributed by atoms with Crippen LogP contribution in [0.2, 0.25) is 0 Å². The summed E-state index contributed by atoms with van der Waals surface area (Å²) < 4.78 is 0. The molecular formula is C10H20O. The second-order valence-electron chi connectivity index (χ2n) is 4.11. The molecule has 11 heavy (non-hydrogen) atoms. The van der Waals surface area contributed by atoms with E-state index in [0.717, 1.165) is 6.42 Å². The summed E-state index contributed by atoms with van der Waals surface area (Å²) in [5, 5.41) is 9.51. The van der Waals surface area contributed by atoms with E-state index < -0.39 is 0 Å². The van der Waals surface area contributed by atoms with Crippen molar-refractivity contribution in [2.75, 3.05) is 0 Å². The van der Waals surface area contributed by atoms with Crippen molar-refractivity contribution in [3.05, 3.63) is 0 Å². The molecule has 1 saturated carbocycles. The highest BCUT2D eigenvalue weighted by molar-refractivity contribution is 4.91. The molecule has 0 aliphatic heterocycles. The third-order valence-corrected chi connectivity index (χ3v) is 3.75. The average Bonchev–Trinajstić information content (AvgIpc) is 2.01. The molecule has 1 rings (SSSR count). The van der Waals surface area contributed by atoms with Crippen LogP contribution in [0, 0.1) is 11.3 Å². The molecule has 1 heteroatoms. The fraction of sp³-hybridized carbons (Fsp3) is 1.00. The fourth-order valence-electron chi connectivity index (χ4n) is 2.07. The van der Waals surface area contributed by atoms with Gasteiger partial charge in [0.25, 0.3) is 0 Å². The Morgan fingerprint density at radius 1 is 1.27 bits per heavy atom. The Balaban J connectivity index is 2.54. The summed E-state index contributed by atoms with van der Waals surface area (Å²) in [5.41, 5.74) is 0.400. The van der Waals surface area contributed by atoms with Crippen molar-refractivity contribution in [3.63, 3.8) is 0 Å². The second kappa shape index (κ2) is 3.14. The lowest BCUT2D eigenvalue weighted by atomic mass is 9.62. The number of aliphatic hydroxyl groups excluding tert-OH is 1. The van der Waals surface area contributed by atoms with Crippen molar-refractivity contribution in [1.29, 1.82) is 0 Å². The predicted molar refractivity (Wildman–Crippen MR) is 47.4 cm³/mol. The summed E-state index contributed by atoms with van der Waals surface area (Å²) in [7, 11) is 0. The van der Waals surface area contributed by atoms with Gasteiger partial charge in [-0.1, -0.05) is 33.6 Å². The number of hydrogen-bond donors (Lipinski definition) is 1. The monoisotopic (exact) mass is 156 g/mol. The van der Waals surface area contributed by atoms with Crippen LogP contribution in [-0.4, -0.2) is 11.2 Å². The molecule has 1 N–H and O–H groups in total. The number of hydrogen-bond acceptors (Lipinski definition) is 1. The number of aliphatic hydroxyl groups is 1. The zero-order valence-electron chi connectivity index (χ0n) is 7.93. The van der Waals surface area contributed by atoms with E-state index in [4.69, 9.17) is 0 Å². The molecule has 66 valence electrons. The van der Waals surface area contributed by atoms with Gasteiger partial charge in [-0.15, -0.1) is 0 Å². The van der Waals surface area contributed by atoms with Crippen molar-refractivity contribution < 1.29 is 5.11 Å². The molecule has 0 aromatic carbocycles. The van der Waals surface area contributed by atoms with Crippen molar-refractivity contribution >= 4 is 0 Å². The summed E-state index contributed by atoms with van der Waals surface area (Å²) in [6.07, 6.45) is 4.66. The molecule has 0 bridgehead atoms. The van der Waals surface area contributed by atoms with Crippen LogP contribution in [-0.2, 0) is 0 Å². The molecule has 0 saturated heterocycles. The van der Waals surface area contributed by atoms with Crippen molar-refractivity contribution in [2.45, 2.75) is 52.6 Å². The van der Waals surface area contributed by atoms with Crippen molar-refractivity contribution in [2.24, 2.45) is 11.3 Å². The summed E-state index contributed by atoms with van der Waals surface area (Å²) in [6, 6.07) is 0. The van der Waals surface area contributed by atoms with E-state index in [0.29, 0.717) is 11.3 Å². The van der Waals surface area contributed by atoms with Gasteiger partial charge in [-0.3, -0.25) is 0 Å². The molecular weight excluding hydrogens is 136 g/mol. The summed E-state index contributed by atoms with van der Waals surface area (Å²) >= 11 is 0. The number of rotatable bonds is 3. The predicted octanol–water partition coefficient (Wildman–Crippen LogP) is 2.58. The van der Waals surface area contributed by atoms with Gasteiger partial charge in [0.1, 0.15) is 0 Å². The Hall–Kier alpha value is -0.0400. The van der Waals surface area contributed by atoms with Gasteiger partial charge in [0.15, 0.2) is 0 Å². The fourth-order valence-corrected chi connectivity index (χ4v) is 2.07. The minimum atomic E-state index is -0.0000926. The van der Waals surface area contributed by atoms with Crippen LogP contribution in [0.4, 0.5) is 0 Å². The molecule has 1 nitrogen and oxygen atoms in total. The van der Waals surface area contributed by atoms with Crippen LogP contribution in [0.1, 0.15) is 46.5 Å². The van der Waals surface area contributed by atoms with Gasteiger partial charge in [-0.05, 0) is 24.2 Å². The molecule has 1 aliphatic rings. The molecule has 0 spiro atoms. The minimum Gasteiger partial charge on any atom is -0.393 e. The Bertz CT molecular complexity index is 127. The van der Waals surface area contributed by atoms with Crippen LogP contribution < -0.4 is 0 Å². The molecule has 0 aromatic heterocycles. The van der Waals surface area contributed by atoms with E-state index in [-0.39, 0.29) is 6.10 Å². The van der Waals surface area contributed by atoms with Crippen LogP contribution in [0.3, 0.4) is 0 Å². The molecule has 1 aliphatic carbocycles. The first-order chi connectivity index (χ1) is 5.14. The summed E-state index contributed by atoms with van der Waals surface area (Å²) in [5.74, 6) is 0.581. The Morgan fingerprint density at radius 2 is 1.82 bits per heavy atom. The molecule has 0 amide bonds. The van der Waals surface area contributed by atoms with Gasteiger partial charge in [-0.25, -0.2) is 0 Å². The third-order valence-electron chi connectivity index (χ3n) is 3.75. The van der Waals surface area contributed by atoms with E-state index in [9.17, 15) is 5.11 Å². The summed E-state index contributed by atoms with van der Waals surface area (Å²) in [6.45, 7) is 6.77. The third kappa shape index (κ3) is 1.44. The van der Waals surface area contributed by atoms with Crippen molar-refractivity contribution in [1.82, 2.24) is 0 Å². The highest BCUT2D eigenvalue weighted by Gasteiger charge is 2.41. The highest BCUT2D eigenvalue weighted by atomic mass is 16.3. The Kier molecular flexibility index (Phi) is 2.58. The largest absolute Gasteiger partial charge is 0.393 e. The van der Waals surface area contributed by atoms with E-state index in [1.807, 2.05) is 0 Å². The molecule has 1 fully saturated rings. The maximum absolute atomic E-state index is 9.51. The minimum absolute atomic E-state index is 0.0000926. The quantitative estimate of drug-likeness (QED) is 0.666. The molecule has 2 unspecified atom stereocenters. The van der Waals surface area contributed by atoms with Gasteiger partial charge >= 0.3 is 0 Å². The average molecular weight is 156 g/mol. The molecule has 0 aromatic rings. The SMILES string of the molecule is CCC(C)(CC)C1CCC1O. The first kappa shape index (κ1) is 9.05. The molecule has 0 heterocycles. The topological polar surface area (TPSA) is 20.2 Å².